The lowest BCUT2D eigenvalue weighted by Gasteiger charge is -2.18. The van der Waals surface area contributed by atoms with Gasteiger partial charge in [0.05, 0.1) is 6.54 Å². The van der Waals surface area contributed by atoms with Crippen molar-refractivity contribution in [2.45, 2.75) is 25.9 Å². The number of hydrogen-bond acceptors (Lipinski definition) is 4. The van der Waals surface area contributed by atoms with Gasteiger partial charge >= 0.3 is 0 Å². The van der Waals surface area contributed by atoms with Crippen LogP contribution in [0.2, 0.25) is 0 Å². The molecule has 0 spiro atoms. The third kappa shape index (κ3) is 3.17. The van der Waals surface area contributed by atoms with Crippen molar-refractivity contribution in [1.29, 1.82) is 0 Å². The Kier molecular flexibility index (Phi) is 3.97. The molecule has 2 heterocycles. The molecule has 0 amide bonds. The number of nitrogens with zero attached hydrogens (tertiary/aromatic N) is 4. The minimum absolute atomic E-state index is 0.713. The van der Waals surface area contributed by atoms with Crippen LogP contribution in [0, 0.1) is 0 Å². The summed E-state index contributed by atoms with van der Waals surface area (Å²) in [6.45, 7) is 4.19. The lowest BCUT2D eigenvalue weighted by molar-refractivity contribution is 0.332. The van der Waals surface area contributed by atoms with Crippen molar-refractivity contribution in [3.8, 4) is 0 Å². The van der Waals surface area contributed by atoms with Crippen LogP contribution in [0.5, 0.6) is 0 Å². The van der Waals surface area contributed by atoms with Gasteiger partial charge in [-0.25, -0.2) is 0 Å². The van der Waals surface area contributed by atoms with Crippen molar-refractivity contribution >= 4 is 5.69 Å². The van der Waals surface area contributed by atoms with Crippen LogP contribution in [0.25, 0.3) is 0 Å². The molecule has 1 aliphatic heterocycles. The lowest BCUT2D eigenvalue weighted by Crippen LogP contribution is -2.19. The zero-order valence-corrected chi connectivity index (χ0v) is 11.9. The van der Waals surface area contributed by atoms with Crippen LogP contribution in [0.4, 0.5) is 5.69 Å². The molecule has 0 radical (unpaired) electrons. The second-order valence-corrected chi connectivity index (χ2v) is 5.38. The average molecular weight is 271 g/mol. The van der Waals surface area contributed by atoms with Crippen LogP contribution in [-0.2, 0) is 20.1 Å². The molecule has 106 valence electrons. The van der Waals surface area contributed by atoms with E-state index in [2.05, 4.69) is 44.8 Å². The molecule has 0 atom stereocenters. The monoisotopic (exact) mass is 271 g/mol. The first-order valence-corrected chi connectivity index (χ1v) is 7.20. The van der Waals surface area contributed by atoms with Gasteiger partial charge in [-0.3, -0.25) is 9.58 Å². The zero-order chi connectivity index (χ0) is 13.8. The van der Waals surface area contributed by atoms with Crippen molar-refractivity contribution < 1.29 is 0 Å². The number of aryl methyl sites for hydroxylation is 1. The number of aromatic nitrogens is 3. The third-order valence-corrected chi connectivity index (χ3v) is 3.72. The maximum Gasteiger partial charge on any atom is 0.102 e. The fourth-order valence-corrected chi connectivity index (χ4v) is 2.67. The molecule has 20 heavy (non-hydrogen) atoms. The van der Waals surface area contributed by atoms with E-state index in [0.717, 1.165) is 12.2 Å². The van der Waals surface area contributed by atoms with E-state index in [1.54, 1.807) is 4.68 Å². The fourth-order valence-electron chi connectivity index (χ4n) is 2.67. The number of likely N-dealkylation sites (tertiary alicyclic amines) is 1. The molecule has 2 aromatic rings. The summed E-state index contributed by atoms with van der Waals surface area (Å²) in [4.78, 5) is 2.52. The molecular weight excluding hydrogens is 250 g/mol. The van der Waals surface area contributed by atoms with Gasteiger partial charge in [-0.15, -0.1) is 5.10 Å². The summed E-state index contributed by atoms with van der Waals surface area (Å²) in [7, 11) is 1.89. The van der Waals surface area contributed by atoms with Crippen LogP contribution in [0.15, 0.2) is 30.5 Å². The highest BCUT2D eigenvalue weighted by Crippen LogP contribution is 2.20. The molecule has 0 bridgehead atoms. The first-order valence-electron chi connectivity index (χ1n) is 7.20. The maximum absolute atomic E-state index is 4.10. The Bertz CT molecular complexity index is 557. The van der Waals surface area contributed by atoms with Gasteiger partial charge in [-0.2, -0.15) is 0 Å². The zero-order valence-electron chi connectivity index (χ0n) is 11.9. The van der Waals surface area contributed by atoms with Crippen molar-refractivity contribution in [2.24, 2.45) is 7.05 Å². The topological polar surface area (TPSA) is 46.0 Å². The third-order valence-electron chi connectivity index (χ3n) is 3.72. The van der Waals surface area contributed by atoms with Crippen molar-refractivity contribution in [1.82, 2.24) is 19.9 Å². The largest absolute Gasteiger partial charge is 0.379 e. The number of nitrogens with one attached hydrogen (secondary N) is 1. The molecule has 0 saturated carbocycles. The predicted octanol–water partition coefficient (Wildman–Crippen LogP) is 2.02. The first-order chi connectivity index (χ1) is 9.81. The Labute approximate surface area is 119 Å². The molecule has 1 aromatic heterocycles. The second kappa shape index (κ2) is 6.05. The number of rotatable bonds is 5. The van der Waals surface area contributed by atoms with E-state index in [1.807, 2.05) is 13.2 Å². The molecule has 5 nitrogen and oxygen atoms in total. The minimum atomic E-state index is 0.713. The number of hydrogen-bond donors (Lipinski definition) is 1. The van der Waals surface area contributed by atoms with Gasteiger partial charge in [-0.1, -0.05) is 23.4 Å². The van der Waals surface area contributed by atoms with E-state index in [-0.39, 0.29) is 0 Å². The van der Waals surface area contributed by atoms with Crippen molar-refractivity contribution in [2.75, 3.05) is 18.4 Å². The molecule has 0 aliphatic carbocycles. The van der Waals surface area contributed by atoms with E-state index in [4.69, 9.17) is 0 Å². The maximum atomic E-state index is 4.10. The standard InChI is InChI=1S/C15H21N5/c1-19-12-14(17-18-19)10-16-15-7-3-2-6-13(15)11-20-8-4-5-9-20/h2-3,6-7,12,16H,4-5,8-11H2,1H3. The molecule has 3 rings (SSSR count). The van der Waals surface area contributed by atoms with Gasteiger partial charge in [0.1, 0.15) is 5.69 Å². The van der Waals surface area contributed by atoms with E-state index >= 15 is 0 Å². The van der Waals surface area contributed by atoms with Crippen LogP contribution < -0.4 is 5.32 Å². The Morgan fingerprint density at radius 3 is 2.75 bits per heavy atom. The van der Waals surface area contributed by atoms with Crippen molar-refractivity contribution in [3.63, 3.8) is 0 Å². The Hall–Kier alpha value is -1.88. The molecular formula is C15H21N5. The van der Waals surface area contributed by atoms with Gasteiger partial charge in [0.25, 0.3) is 0 Å². The van der Waals surface area contributed by atoms with Gasteiger partial charge < -0.3 is 5.32 Å². The Morgan fingerprint density at radius 1 is 1.20 bits per heavy atom. The summed E-state index contributed by atoms with van der Waals surface area (Å²) in [5, 5.41) is 11.5. The molecule has 1 aliphatic rings. The minimum Gasteiger partial charge on any atom is -0.379 e. The summed E-state index contributed by atoms with van der Waals surface area (Å²) >= 11 is 0. The molecule has 1 aromatic carbocycles. The van der Waals surface area contributed by atoms with Gasteiger partial charge in [0.15, 0.2) is 0 Å². The van der Waals surface area contributed by atoms with Crippen molar-refractivity contribution in [3.05, 3.63) is 41.7 Å². The molecule has 1 fully saturated rings. The summed E-state index contributed by atoms with van der Waals surface area (Å²) in [6, 6.07) is 8.53. The smallest absolute Gasteiger partial charge is 0.102 e. The fraction of sp³-hybridized carbons (Fsp3) is 0.467. The number of para-hydroxylation sites is 1. The van der Waals surface area contributed by atoms with E-state index in [0.29, 0.717) is 6.54 Å². The van der Waals surface area contributed by atoms with Gasteiger partial charge in [0.2, 0.25) is 0 Å². The van der Waals surface area contributed by atoms with Gasteiger partial charge in [-0.05, 0) is 37.6 Å². The summed E-state index contributed by atoms with van der Waals surface area (Å²) in [5.74, 6) is 0. The highest BCUT2D eigenvalue weighted by molar-refractivity contribution is 5.51. The predicted molar refractivity (Wildman–Crippen MR) is 79.3 cm³/mol. The average Bonchev–Trinajstić information content (AvgIpc) is 3.10. The Morgan fingerprint density at radius 2 is 2.00 bits per heavy atom. The summed E-state index contributed by atoms with van der Waals surface area (Å²) in [5.41, 5.74) is 3.52. The van der Waals surface area contributed by atoms with Crippen LogP contribution >= 0.6 is 0 Å². The Balaban J connectivity index is 1.65. The molecule has 5 heteroatoms. The van der Waals surface area contributed by atoms with Crippen LogP contribution in [-0.4, -0.2) is 33.0 Å². The quantitative estimate of drug-likeness (QED) is 0.904. The lowest BCUT2D eigenvalue weighted by atomic mass is 10.1. The van der Waals surface area contributed by atoms with E-state index < -0.39 is 0 Å². The first kappa shape index (κ1) is 13.1. The van der Waals surface area contributed by atoms with E-state index in [9.17, 15) is 0 Å². The van der Waals surface area contributed by atoms with E-state index in [1.165, 1.54) is 37.2 Å². The molecule has 0 unspecified atom stereocenters. The second-order valence-electron chi connectivity index (χ2n) is 5.38. The number of anilines is 1. The van der Waals surface area contributed by atoms with Gasteiger partial charge in [0, 0.05) is 25.5 Å². The van der Waals surface area contributed by atoms with Crippen LogP contribution in [0.3, 0.4) is 0 Å². The molecule has 1 saturated heterocycles. The highest BCUT2D eigenvalue weighted by atomic mass is 15.4. The summed E-state index contributed by atoms with van der Waals surface area (Å²) < 4.78 is 1.73. The SMILES string of the molecule is Cn1cc(CNc2ccccc2CN2CCCC2)nn1. The number of benzene rings is 1. The highest BCUT2D eigenvalue weighted by Gasteiger charge is 2.13. The summed E-state index contributed by atoms with van der Waals surface area (Å²) in [6.07, 6.45) is 4.60. The normalized spacial score (nSPS) is 15.7. The molecule has 1 N–H and O–H groups in total. The van der Waals surface area contributed by atoms with Crippen LogP contribution in [0.1, 0.15) is 24.1 Å².